The van der Waals surface area contributed by atoms with Crippen LogP contribution >= 0.6 is 0 Å². The molecule has 0 radical (unpaired) electrons. The van der Waals surface area contributed by atoms with Gasteiger partial charge in [-0.2, -0.15) is 0 Å². The molecule has 8 nitrogen and oxygen atoms in total. The highest BCUT2D eigenvalue weighted by atomic mass is 16.5. The average Bonchev–Trinajstić information content (AvgIpc) is 2.87. The van der Waals surface area contributed by atoms with Gasteiger partial charge in [0, 0.05) is 19.6 Å². The van der Waals surface area contributed by atoms with E-state index in [4.69, 9.17) is 14.2 Å². The van der Waals surface area contributed by atoms with Gasteiger partial charge in [-0.3, -0.25) is 9.59 Å². The molecule has 1 aliphatic carbocycles. The molecule has 0 bridgehead atoms. The fraction of sp³-hybridized carbons (Fsp3) is 0.577. The zero-order valence-electron chi connectivity index (χ0n) is 20.1. The first kappa shape index (κ1) is 25.6. The van der Waals surface area contributed by atoms with Crippen LogP contribution in [0.4, 0.5) is 0 Å². The highest BCUT2D eigenvalue weighted by Gasteiger charge is 2.19. The van der Waals surface area contributed by atoms with Crippen LogP contribution in [0, 0.1) is 0 Å². The fourth-order valence-electron chi connectivity index (χ4n) is 4.16. The molecule has 3 rings (SSSR count). The molecule has 0 unspecified atom stereocenters. The molecule has 1 aliphatic heterocycles. The lowest BCUT2D eigenvalue weighted by atomic mass is 9.97. The summed E-state index contributed by atoms with van der Waals surface area (Å²) in [7, 11) is 0. The van der Waals surface area contributed by atoms with Crippen LogP contribution in [0.1, 0.15) is 68.6 Å². The van der Waals surface area contributed by atoms with E-state index in [0.29, 0.717) is 24.7 Å². The standard InChI is InChI=1S/C26H36N2O6/c1-2-32-23-17-21(11-12-22(23)33-19-25(30)28-15-7-4-8-16-28)26(31)34-18-24(29)27-14-13-20-9-5-3-6-10-20/h9,11-12,17H,2-8,10,13-16,18-19H2,1H3,(H,27,29). The second-order valence-electron chi connectivity index (χ2n) is 8.61. The van der Waals surface area contributed by atoms with Crippen molar-refractivity contribution in [3.8, 4) is 11.5 Å². The van der Waals surface area contributed by atoms with Crippen molar-refractivity contribution in [2.45, 2.75) is 58.3 Å². The Morgan fingerprint density at radius 3 is 2.53 bits per heavy atom. The van der Waals surface area contributed by atoms with Crippen LogP contribution < -0.4 is 14.8 Å². The fourth-order valence-corrected chi connectivity index (χ4v) is 4.16. The Labute approximate surface area is 201 Å². The van der Waals surface area contributed by atoms with Gasteiger partial charge < -0.3 is 24.4 Å². The number of hydrogen-bond acceptors (Lipinski definition) is 6. The van der Waals surface area contributed by atoms with Crippen molar-refractivity contribution in [3.63, 3.8) is 0 Å². The van der Waals surface area contributed by atoms with Crippen molar-refractivity contribution < 1.29 is 28.6 Å². The van der Waals surface area contributed by atoms with Gasteiger partial charge in [0.25, 0.3) is 11.8 Å². The Balaban J connectivity index is 1.46. The van der Waals surface area contributed by atoms with Crippen LogP contribution in [-0.4, -0.2) is 62.1 Å². The number of ether oxygens (including phenoxy) is 3. The average molecular weight is 473 g/mol. The van der Waals surface area contributed by atoms with Crippen LogP contribution in [0.25, 0.3) is 0 Å². The van der Waals surface area contributed by atoms with E-state index in [1.807, 2.05) is 11.8 Å². The van der Waals surface area contributed by atoms with Gasteiger partial charge in [-0.1, -0.05) is 11.6 Å². The summed E-state index contributed by atoms with van der Waals surface area (Å²) >= 11 is 0. The van der Waals surface area contributed by atoms with Gasteiger partial charge in [-0.25, -0.2) is 4.79 Å². The first-order chi connectivity index (χ1) is 16.6. The maximum absolute atomic E-state index is 12.4. The van der Waals surface area contributed by atoms with Gasteiger partial charge in [0.1, 0.15) is 0 Å². The van der Waals surface area contributed by atoms with E-state index in [9.17, 15) is 14.4 Å². The van der Waals surface area contributed by atoms with Crippen molar-refractivity contribution >= 4 is 17.8 Å². The summed E-state index contributed by atoms with van der Waals surface area (Å²) in [5.74, 6) is -0.267. The lowest BCUT2D eigenvalue weighted by Crippen LogP contribution is -2.38. The Kier molecular flexibility index (Phi) is 10.3. The molecule has 1 N–H and O–H groups in total. The summed E-state index contributed by atoms with van der Waals surface area (Å²) in [5.41, 5.74) is 1.63. The van der Waals surface area contributed by atoms with Crippen molar-refractivity contribution in [2.24, 2.45) is 0 Å². The molecule has 1 saturated heterocycles. The maximum atomic E-state index is 12.4. The summed E-state index contributed by atoms with van der Waals surface area (Å²) in [6.07, 6.45) is 10.9. The molecule has 8 heteroatoms. The Morgan fingerprint density at radius 2 is 1.79 bits per heavy atom. The molecule has 1 aromatic rings. The first-order valence-electron chi connectivity index (χ1n) is 12.4. The molecule has 2 amide bonds. The summed E-state index contributed by atoms with van der Waals surface area (Å²) in [6, 6.07) is 4.64. The molecule has 0 saturated carbocycles. The summed E-state index contributed by atoms with van der Waals surface area (Å²) < 4.78 is 16.5. The minimum absolute atomic E-state index is 0.0589. The zero-order chi connectivity index (χ0) is 24.2. The van der Waals surface area contributed by atoms with Crippen molar-refractivity contribution in [2.75, 3.05) is 39.5 Å². The third-order valence-corrected chi connectivity index (χ3v) is 6.03. The molecule has 0 atom stereocenters. The number of nitrogens with one attached hydrogen (secondary N) is 1. The van der Waals surface area contributed by atoms with E-state index < -0.39 is 5.97 Å². The quantitative estimate of drug-likeness (QED) is 0.390. The lowest BCUT2D eigenvalue weighted by Gasteiger charge is -2.26. The topological polar surface area (TPSA) is 94.2 Å². The molecular weight excluding hydrogens is 436 g/mol. The molecule has 1 aromatic carbocycles. The number of carbonyl (C=O) groups excluding carboxylic acids is 3. The number of piperidine rings is 1. The van der Waals surface area contributed by atoms with Crippen LogP contribution in [0.2, 0.25) is 0 Å². The maximum Gasteiger partial charge on any atom is 0.338 e. The molecule has 0 spiro atoms. The van der Waals surface area contributed by atoms with E-state index in [-0.39, 0.29) is 30.6 Å². The molecular formula is C26H36N2O6. The Morgan fingerprint density at radius 1 is 0.971 bits per heavy atom. The third kappa shape index (κ3) is 8.08. The number of likely N-dealkylation sites (tertiary alicyclic amines) is 1. The van der Waals surface area contributed by atoms with Crippen LogP contribution in [-0.2, 0) is 14.3 Å². The molecule has 1 heterocycles. The van der Waals surface area contributed by atoms with Crippen molar-refractivity contribution in [1.29, 1.82) is 0 Å². The molecule has 1 fully saturated rings. The summed E-state index contributed by atoms with van der Waals surface area (Å²) in [6.45, 7) is 3.83. The normalized spacial score (nSPS) is 15.8. The van der Waals surface area contributed by atoms with E-state index in [1.54, 1.807) is 12.1 Å². The number of carbonyl (C=O) groups is 3. The zero-order valence-corrected chi connectivity index (χ0v) is 20.1. The third-order valence-electron chi connectivity index (χ3n) is 6.03. The van der Waals surface area contributed by atoms with Gasteiger partial charge in [-0.05, 0) is 76.5 Å². The van der Waals surface area contributed by atoms with Gasteiger partial charge in [-0.15, -0.1) is 0 Å². The minimum atomic E-state index is -0.623. The Bertz CT molecular complexity index is 876. The molecule has 2 aliphatic rings. The van der Waals surface area contributed by atoms with E-state index in [0.717, 1.165) is 51.6 Å². The lowest BCUT2D eigenvalue weighted by molar-refractivity contribution is -0.134. The number of allylic oxidation sites excluding steroid dienone is 1. The van der Waals surface area contributed by atoms with Gasteiger partial charge in [0.2, 0.25) is 0 Å². The monoisotopic (exact) mass is 472 g/mol. The number of esters is 1. The highest BCUT2D eigenvalue weighted by molar-refractivity contribution is 5.92. The van der Waals surface area contributed by atoms with Crippen LogP contribution in [0.3, 0.4) is 0 Å². The number of amides is 2. The number of rotatable bonds is 11. The largest absolute Gasteiger partial charge is 0.490 e. The van der Waals surface area contributed by atoms with Crippen molar-refractivity contribution in [1.82, 2.24) is 10.2 Å². The molecule has 34 heavy (non-hydrogen) atoms. The predicted octanol–water partition coefficient (Wildman–Crippen LogP) is 3.64. The second kappa shape index (κ2) is 13.6. The predicted molar refractivity (Wildman–Crippen MR) is 128 cm³/mol. The summed E-state index contributed by atoms with van der Waals surface area (Å²) in [5, 5.41) is 2.79. The number of hydrogen-bond donors (Lipinski definition) is 1. The van der Waals surface area contributed by atoms with E-state index in [1.165, 1.54) is 24.5 Å². The summed E-state index contributed by atoms with van der Waals surface area (Å²) in [4.78, 5) is 38.7. The Hall–Kier alpha value is -3.03. The van der Waals surface area contributed by atoms with Gasteiger partial charge in [0.15, 0.2) is 24.7 Å². The molecule has 0 aromatic heterocycles. The SMILES string of the molecule is CCOc1cc(C(=O)OCC(=O)NCCC2=CCCCC2)ccc1OCC(=O)N1CCCCC1. The highest BCUT2D eigenvalue weighted by Crippen LogP contribution is 2.29. The number of benzene rings is 1. The smallest absolute Gasteiger partial charge is 0.338 e. The second-order valence-corrected chi connectivity index (χ2v) is 8.61. The van der Waals surface area contributed by atoms with Crippen LogP contribution in [0.15, 0.2) is 29.8 Å². The number of nitrogens with zero attached hydrogens (tertiary/aromatic N) is 1. The van der Waals surface area contributed by atoms with Crippen LogP contribution in [0.5, 0.6) is 11.5 Å². The minimum Gasteiger partial charge on any atom is -0.490 e. The van der Waals surface area contributed by atoms with Crippen molar-refractivity contribution in [3.05, 3.63) is 35.4 Å². The van der Waals surface area contributed by atoms with Gasteiger partial charge >= 0.3 is 5.97 Å². The molecule has 186 valence electrons. The van der Waals surface area contributed by atoms with E-state index in [2.05, 4.69) is 11.4 Å². The van der Waals surface area contributed by atoms with Gasteiger partial charge in [0.05, 0.1) is 12.2 Å². The first-order valence-corrected chi connectivity index (χ1v) is 12.4. The van der Waals surface area contributed by atoms with E-state index >= 15 is 0 Å².